The third kappa shape index (κ3) is 2.76. The second kappa shape index (κ2) is 6.62. The highest BCUT2D eigenvalue weighted by Gasteiger charge is 2.42. The van der Waals surface area contributed by atoms with Crippen molar-refractivity contribution in [3.05, 3.63) is 83.9 Å². The Morgan fingerprint density at radius 1 is 0.840 bits per heavy atom. The standard InChI is InChI=1S/C23H25NO/c1-18(24-16-7-8-17-24)23(25,20-12-3-2-4-13-20)22-15-9-11-19-10-5-6-14-21(19)22/h2-6,9-15,18,25H,7-8,16-17H2,1H3/t18-,23-/m1/s1. The molecule has 4 rings (SSSR count). The third-order valence-corrected chi connectivity index (χ3v) is 5.71. The van der Waals surface area contributed by atoms with Crippen molar-refractivity contribution in [2.45, 2.75) is 31.4 Å². The predicted octanol–water partition coefficient (Wildman–Crippen LogP) is 4.56. The largest absolute Gasteiger partial charge is 0.379 e. The van der Waals surface area contributed by atoms with E-state index in [2.05, 4.69) is 54.3 Å². The van der Waals surface area contributed by atoms with Crippen LogP contribution in [0.1, 0.15) is 30.9 Å². The lowest BCUT2D eigenvalue weighted by Crippen LogP contribution is -2.49. The fourth-order valence-electron chi connectivity index (χ4n) is 4.26. The van der Waals surface area contributed by atoms with Gasteiger partial charge in [0.1, 0.15) is 5.60 Å². The summed E-state index contributed by atoms with van der Waals surface area (Å²) >= 11 is 0. The van der Waals surface area contributed by atoms with Crippen molar-refractivity contribution in [1.29, 1.82) is 0 Å². The highest BCUT2D eigenvalue weighted by molar-refractivity contribution is 5.87. The molecule has 2 atom stereocenters. The summed E-state index contributed by atoms with van der Waals surface area (Å²) in [4.78, 5) is 2.43. The summed E-state index contributed by atoms with van der Waals surface area (Å²) in [6, 6.07) is 24.8. The van der Waals surface area contributed by atoms with Crippen LogP contribution in [0.15, 0.2) is 72.8 Å². The Balaban J connectivity index is 1.94. The first-order valence-corrected chi connectivity index (χ1v) is 9.21. The average molecular weight is 331 g/mol. The van der Waals surface area contributed by atoms with Crippen molar-refractivity contribution in [2.75, 3.05) is 13.1 Å². The smallest absolute Gasteiger partial charge is 0.130 e. The highest BCUT2D eigenvalue weighted by atomic mass is 16.3. The molecule has 2 nitrogen and oxygen atoms in total. The van der Waals surface area contributed by atoms with Crippen LogP contribution in [0.4, 0.5) is 0 Å². The van der Waals surface area contributed by atoms with E-state index in [9.17, 15) is 5.11 Å². The van der Waals surface area contributed by atoms with E-state index in [0.29, 0.717) is 0 Å². The third-order valence-electron chi connectivity index (χ3n) is 5.71. The summed E-state index contributed by atoms with van der Waals surface area (Å²) in [7, 11) is 0. The van der Waals surface area contributed by atoms with Gasteiger partial charge in [-0.15, -0.1) is 0 Å². The Kier molecular flexibility index (Phi) is 4.32. The summed E-state index contributed by atoms with van der Waals surface area (Å²) in [5.74, 6) is 0. The van der Waals surface area contributed by atoms with E-state index in [0.717, 1.165) is 29.6 Å². The van der Waals surface area contributed by atoms with Crippen molar-refractivity contribution >= 4 is 10.8 Å². The molecule has 3 aromatic rings. The first kappa shape index (κ1) is 16.3. The minimum atomic E-state index is -1.04. The molecule has 1 aliphatic rings. The molecule has 1 aliphatic heterocycles. The Morgan fingerprint density at radius 3 is 2.24 bits per heavy atom. The molecule has 25 heavy (non-hydrogen) atoms. The predicted molar refractivity (Wildman–Crippen MR) is 104 cm³/mol. The number of aliphatic hydroxyl groups is 1. The summed E-state index contributed by atoms with van der Waals surface area (Å²) in [6.07, 6.45) is 2.43. The number of benzene rings is 3. The molecule has 2 heteroatoms. The van der Waals surface area contributed by atoms with Crippen LogP contribution in [0.25, 0.3) is 10.8 Å². The maximum absolute atomic E-state index is 12.1. The lowest BCUT2D eigenvalue weighted by atomic mass is 9.78. The van der Waals surface area contributed by atoms with Crippen LogP contribution in [-0.2, 0) is 5.60 Å². The van der Waals surface area contributed by atoms with E-state index in [1.54, 1.807) is 0 Å². The number of fused-ring (bicyclic) bond motifs is 1. The first-order valence-electron chi connectivity index (χ1n) is 9.21. The van der Waals surface area contributed by atoms with E-state index >= 15 is 0 Å². The lowest BCUT2D eigenvalue weighted by molar-refractivity contribution is -0.00338. The van der Waals surface area contributed by atoms with E-state index < -0.39 is 5.60 Å². The molecule has 0 bridgehead atoms. The molecule has 128 valence electrons. The van der Waals surface area contributed by atoms with Crippen molar-refractivity contribution in [3.63, 3.8) is 0 Å². The first-order chi connectivity index (χ1) is 12.2. The van der Waals surface area contributed by atoms with Crippen LogP contribution in [-0.4, -0.2) is 29.1 Å². The maximum Gasteiger partial charge on any atom is 0.130 e. The molecule has 1 fully saturated rings. The topological polar surface area (TPSA) is 23.5 Å². The molecular weight excluding hydrogens is 306 g/mol. The number of nitrogens with zero attached hydrogens (tertiary/aromatic N) is 1. The average Bonchev–Trinajstić information content (AvgIpc) is 3.22. The zero-order valence-corrected chi connectivity index (χ0v) is 14.7. The highest BCUT2D eigenvalue weighted by Crippen LogP contribution is 2.39. The summed E-state index contributed by atoms with van der Waals surface area (Å²) in [6.45, 7) is 4.28. The van der Waals surface area contributed by atoms with Gasteiger partial charge in [-0.2, -0.15) is 0 Å². The van der Waals surface area contributed by atoms with Gasteiger partial charge in [-0.1, -0.05) is 72.8 Å². The number of rotatable bonds is 4. The van der Waals surface area contributed by atoms with Gasteiger partial charge in [-0.25, -0.2) is 0 Å². The molecule has 0 unspecified atom stereocenters. The molecule has 0 spiro atoms. The van der Waals surface area contributed by atoms with Gasteiger partial charge in [-0.3, -0.25) is 4.90 Å². The van der Waals surface area contributed by atoms with E-state index in [4.69, 9.17) is 0 Å². The maximum atomic E-state index is 12.1. The van der Waals surface area contributed by atoms with Crippen LogP contribution in [0.3, 0.4) is 0 Å². The summed E-state index contributed by atoms with van der Waals surface area (Å²) in [5, 5.41) is 14.4. The molecular formula is C23H25NO. The molecule has 1 saturated heterocycles. The van der Waals surface area contributed by atoms with Gasteiger partial charge >= 0.3 is 0 Å². The summed E-state index contributed by atoms with van der Waals surface area (Å²) < 4.78 is 0. The number of hydrogen-bond acceptors (Lipinski definition) is 2. The minimum absolute atomic E-state index is 0.0169. The van der Waals surface area contributed by atoms with Gasteiger partial charge in [0, 0.05) is 6.04 Å². The van der Waals surface area contributed by atoms with Gasteiger partial charge in [0.15, 0.2) is 0 Å². The molecule has 1 N–H and O–H groups in total. The van der Waals surface area contributed by atoms with Crippen molar-refractivity contribution in [1.82, 2.24) is 4.90 Å². The fourth-order valence-corrected chi connectivity index (χ4v) is 4.26. The zero-order chi connectivity index (χ0) is 17.3. The van der Waals surface area contributed by atoms with Crippen LogP contribution in [0.2, 0.25) is 0 Å². The van der Waals surface area contributed by atoms with E-state index in [1.165, 1.54) is 18.2 Å². The second-order valence-corrected chi connectivity index (χ2v) is 7.08. The normalized spacial score (nSPS) is 19.0. The number of hydrogen-bond donors (Lipinski definition) is 1. The van der Waals surface area contributed by atoms with Crippen LogP contribution < -0.4 is 0 Å². The molecule has 1 heterocycles. The quantitative estimate of drug-likeness (QED) is 0.757. The molecule has 3 aromatic carbocycles. The van der Waals surface area contributed by atoms with Gasteiger partial charge < -0.3 is 5.11 Å². The van der Waals surface area contributed by atoms with Crippen LogP contribution >= 0.6 is 0 Å². The van der Waals surface area contributed by atoms with Crippen molar-refractivity contribution < 1.29 is 5.11 Å². The van der Waals surface area contributed by atoms with Crippen LogP contribution in [0.5, 0.6) is 0 Å². The van der Waals surface area contributed by atoms with Gasteiger partial charge in [0.05, 0.1) is 0 Å². The summed E-state index contributed by atoms with van der Waals surface area (Å²) in [5.41, 5.74) is 0.925. The molecule has 0 amide bonds. The second-order valence-electron chi connectivity index (χ2n) is 7.08. The minimum Gasteiger partial charge on any atom is -0.379 e. The number of likely N-dealkylation sites (tertiary alicyclic amines) is 1. The molecule has 0 saturated carbocycles. The monoisotopic (exact) mass is 331 g/mol. The van der Waals surface area contributed by atoms with E-state index in [1.807, 2.05) is 30.3 Å². The fraction of sp³-hybridized carbons (Fsp3) is 0.304. The van der Waals surface area contributed by atoms with Crippen molar-refractivity contribution in [2.24, 2.45) is 0 Å². The van der Waals surface area contributed by atoms with Crippen molar-refractivity contribution in [3.8, 4) is 0 Å². The molecule has 0 aliphatic carbocycles. The van der Waals surface area contributed by atoms with Gasteiger partial charge in [0.25, 0.3) is 0 Å². The van der Waals surface area contributed by atoms with Gasteiger partial charge in [-0.05, 0) is 54.8 Å². The Labute approximate surface area is 149 Å². The van der Waals surface area contributed by atoms with E-state index in [-0.39, 0.29) is 6.04 Å². The lowest BCUT2D eigenvalue weighted by Gasteiger charge is -2.41. The van der Waals surface area contributed by atoms with Crippen LogP contribution in [0, 0.1) is 0 Å². The Bertz CT molecular complexity index is 849. The zero-order valence-electron chi connectivity index (χ0n) is 14.7. The Hall–Kier alpha value is -2.16. The van der Waals surface area contributed by atoms with Gasteiger partial charge in [0.2, 0.25) is 0 Å². The molecule has 0 aromatic heterocycles. The SMILES string of the molecule is C[C@@H](N1CCCC1)[C@@](O)(c1ccccc1)c1cccc2ccccc12. The Morgan fingerprint density at radius 2 is 1.48 bits per heavy atom. The molecule has 0 radical (unpaired) electrons.